The molecule has 3 aromatic rings. The Hall–Kier alpha value is -3.43. The van der Waals surface area contributed by atoms with E-state index in [1.54, 1.807) is 36.4 Å². The molecule has 0 saturated heterocycles. The van der Waals surface area contributed by atoms with Crippen molar-refractivity contribution in [3.63, 3.8) is 0 Å². The zero-order valence-corrected chi connectivity index (χ0v) is 25.2. The van der Waals surface area contributed by atoms with E-state index in [0.29, 0.717) is 16.3 Å². The summed E-state index contributed by atoms with van der Waals surface area (Å²) >= 11 is 6.09. The van der Waals surface area contributed by atoms with Crippen LogP contribution in [0.4, 0.5) is 10.1 Å². The second-order valence-electron chi connectivity index (χ2n) is 10.1. The Morgan fingerprint density at radius 1 is 0.976 bits per heavy atom. The Bertz CT molecular complexity index is 1400. The molecule has 0 fully saturated rings. The molecule has 1 N–H and O–H groups in total. The Labute approximate surface area is 247 Å². The summed E-state index contributed by atoms with van der Waals surface area (Å²) in [5.74, 6) is -0.992. The van der Waals surface area contributed by atoms with E-state index in [1.165, 1.54) is 21.3 Å². The van der Waals surface area contributed by atoms with E-state index < -0.39 is 21.9 Å². The molecular weight excluding hydrogens is 565 g/mol. The molecule has 7 nitrogen and oxygen atoms in total. The molecule has 0 spiro atoms. The standard InChI is InChI=1S/C31H37ClFN3O4S/c1-4-23(2)34-31(38)29(20-24-10-6-5-7-11-24)35(22-25-15-17-27(33)18-16-25)30(37)14-9-19-36(41(3,39)40)28-13-8-12-26(32)21-28/h5-8,10-13,15-18,21,23,29H,4,9,14,19-20,22H2,1-3H3,(H,34,38)/t23-,29+/m1/s1. The summed E-state index contributed by atoms with van der Waals surface area (Å²) in [6.07, 6.45) is 2.32. The van der Waals surface area contributed by atoms with Crippen LogP contribution in [0.15, 0.2) is 78.9 Å². The zero-order chi connectivity index (χ0) is 30.0. The van der Waals surface area contributed by atoms with Crippen LogP contribution in [0.5, 0.6) is 0 Å². The lowest BCUT2D eigenvalue weighted by atomic mass is 10.0. The van der Waals surface area contributed by atoms with Gasteiger partial charge >= 0.3 is 0 Å². The van der Waals surface area contributed by atoms with Gasteiger partial charge in [-0.15, -0.1) is 0 Å². The first kappa shape index (κ1) is 32.1. The average Bonchev–Trinajstić information content (AvgIpc) is 2.93. The van der Waals surface area contributed by atoms with Crippen LogP contribution in [-0.2, 0) is 32.6 Å². The number of nitrogens with one attached hydrogen (secondary N) is 1. The van der Waals surface area contributed by atoms with Gasteiger partial charge in [0.1, 0.15) is 11.9 Å². The predicted molar refractivity (Wildman–Crippen MR) is 162 cm³/mol. The van der Waals surface area contributed by atoms with E-state index in [4.69, 9.17) is 11.6 Å². The molecule has 0 aliphatic heterocycles. The highest BCUT2D eigenvalue weighted by atomic mass is 35.5. The number of amides is 2. The second kappa shape index (κ2) is 15.0. The Balaban J connectivity index is 1.89. The summed E-state index contributed by atoms with van der Waals surface area (Å²) in [5, 5.41) is 3.41. The van der Waals surface area contributed by atoms with Crippen LogP contribution >= 0.6 is 11.6 Å². The third-order valence-electron chi connectivity index (χ3n) is 6.79. The largest absolute Gasteiger partial charge is 0.352 e. The van der Waals surface area contributed by atoms with E-state index in [-0.39, 0.29) is 50.2 Å². The SMILES string of the molecule is CC[C@@H](C)NC(=O)[C@H](Cc1ccccc1)N(Cc1ccc(F)cc1)C(=O)CCCN(c1cccc(Cl)c1)S(C)(=O)=O. The lowest BCUT2D eigenvalue weighted by Crippen LogP contribution is -2.52. The van der Waals surface area contributed by atoms with E-state index in [2.05, 4.69) is 5.32 Å². The van der Waals surface area contributed by atoms with Crippen molar-refractivity contribution in [3.05, 3.63) is 101 Å². The molecule has 0 radical (unpaired) electrons. The van der Waals surface area contributed by atoms with Crippen molar-refractivity contribution in [3.8, 4) is 0 Å². The zero-order valence-electron chi connectivity index (χ0n) is 23.6. The number of anilines is 1. The van der Waals surface area contributed by atoms with Gasteiger partial charge in [0.15, 0.2) is 0 Å². The van der Waals surface area contributed by atoms with Gasteiger partial charge in [0.2, 0.25) is 21.8 Å². The molecule has 0 aromatic heterocycles. The summed E-state index contributed by atoms with van der Waals surface area (Å²) < 4.78 is 40.0. The second-order valence-corrected chi connectivity index (χ2v) is 12.4. The molecule has 220 valence electrons. The molecule has 2 amide bonds. The van der Waals surface area contributed by atoms with Gasteiger partial charge in [0, 0.05) is 37.0 Å². The van der Waals surface area contributed by atoms with Gasteiger partial charge in [0.05, 0.1) is 11.9 Å². The van der Waals surface area contributed by atoms with Crippen molar-refractivity contribution in [1.29, 1.82) is 0 Å². The van der Waals surface area contributed by atoms with E-state index >= 15 is 0 Å². The predicted octanol–water partition coefficient (Wildman–Crippen LogP) is 5.58. The fraction of sp³-hybridized carbons (Fsp3) is 0.355. The third-order valence-corrected chi connectivity index (χ3v) is 8.22. The number of rotatable bonds is 14. The van der Waals surface area contributed by atoms with Crippen LogP contribution in [0.1, 0.15) is 44.2 Å². The summed E-state index contributed by atoms with van der Waals surface area (Å²) in [6.45, 7) is 4.01. The minimum Gasteiger partial charge on any atom is -0.352 e. The van der Waals surface area contributed by atoms with Crippen molar-refractivity contribution in [2.45, 2.75) is 58.2 Å². The summed E-state index contributed by atoms with van der Waals surface area (Å²) in [4.78, 5) is 28.9. The molecule has 3 rings (SSSR count). The monoisotopic (exact) mass is 601 g/mol. The smallest absolute Gasteiger partial charge is 0.243 e. The molecule has 0 saturated carbocycles. The van der Waals surface area contributed by atoms with E-state index in [9.17, 15) is 22.4 Å². The maximum Gasteiger partial charge on any atom is 0.243 e. The van der Waals surface area contributed by atoms with Gasteiger partial charge in [-0.05, 0) is 61.2 Å². The van der Waals surface area contributed by atoms with Gasteiger partial charge in [-0.2, -0.15) is 0 Å². The fourth-order valence-electron chi connectivity index (χ4n) is 4.42. The van der Waals surface area contributed by atoms with Crippen molar-refractivity contribution >= 4 is 39.1 Å². The summed E-state index contributed by atoms with van der Waals surface area (Å²) in [5.41, 5.74) is 1.97. The van der Waals surface area contributed by atoms with Gasteiger partial charge in [-0.25, -0.2) is 12.8 Å². The van der Waals surface area contributed by atoms with Crippen LogP contribution in [-0.4, -0.2) is 50.0 Å². The van der Waals surface area contributed by atoms with Gasteiger partial charge in [-0.3, -0.25) is 13.9 Å². The molecule has 2 atom stereocenters. The highest BCUT2D eigenvalue weighted by Gasteiger charge is 2.31. The van der Waals surface area contributed by atoms with Crippen LogP contribution in [0.25, 0.3) is 0 Å². The third kappa shape index (κ3) is 9.86. The number of hydrogen-bond donors (Lipinski definition) is 1. The highest BCUT2D eigenvalue weighted by Crippen LogP contribution is 2.23. The van der Waals surface area contributed by atoms with Crippen molar-refractivity contribution in [2.75, 3.05) is 17.1 Å². The lowest BCUT2D eigenvalue weighted by molar-refractivity contribution is -0.141. The number of benzene rings is 3. The molecule has 0 unspecified atom stereocenters. The topological polar surface area (TPSA) is 86.8 Å². The quantitative estimate of drug-likeness (QED) is 0.261. The summed E-state index contributed by atoms with van der Waals surface area (Å²) in [6, 6.07) is 20.8. The first-order chi connectivity index (χ1) is 19.5. The molecule has 0 bridgehead atoms. The number of halogens is 2. The average molecular weight is 602 g/mol. The van der Waals surface area contributed by atoms with E-state index in [0.717, 1.165) is 18.2 Å². The minimum absolute atomic E-state index is 0.00428. The fourth-order valence-corrected chi connectivity index (χ4v) is 5.56. The number of carbonyl (C=O) groups excluding carboxylic acids is 2. The molecule has 0 aliphatic rings. The van der Waals surface area contributed by atoms with Gasteiger partial charge in [0.25, 0.3) is 0 Å². The number of sulfonamides is 1. The van der Waals surface area contributed by atoms with Gasteiger partial charge in [-0.1, -0.05) is 67.1 Å². The van der Waals surface area contributed by atoms with Crippen LogP contribution < -0.4 is 9.62 Å². The minimum atomic E-state index is -3.64. The van der Waals surface area contributed by atoms with Crippen molar-refractivity contribution in [2.24, 2.45) is 0 Å². The molecule has 41 heavy (non-hydrogen) atoms. The van der Waals surface area contributed by atoms with Crippen molar-refractivity contribution < 1.29 is 22.4 Å². The first-order valence-corrected chi connectivity index (χ1v) is 15.8. The molecule has 3 aromatic carbocycles. The summed E-state index contributed by atoms with van der Waals surface area (Å²) in [7, 11) is -3.64. The van der Waals surface area contributed by atoms with E-state index in [1.807, 2.05) is 44.2 Å². The number of nitrogens with zero attached hydrogens (tertiary/aromatic N) is 2. The normalized spacial score (nSPS) is 12.8. The van der Waals surface area contributed by atoms with Crippen molar-refractivity contribution in [1.82, 2.24) is 10.2 Å². The van der Waals surface area contributed by atoms with Crippen LogP contribution in [0.2, 0.25) is 5.02 Å². The molecule has 0 heterocycles. The highest BCUT2D eigenvalue weighted by molar-refractivity contribution is 7.92. The molecular formula is C31H37ClFN3O4S. The van der Waals surface area contributed by atoms with Crippen LogP contribution in [0, 0.1) is 5.82 Å². The first-order valence-electron chi connectivity index (χ1n) is 13.6. The number of carbonyl (C=O) groups is 2. The molecule has 0 aliphatic carbocycles. The van der Waals surface area contributed by atoms with Gasteiger partial charge < -0.3 is 10.2 Å². The Morgan fingerprint density at radius 2 is 1.66 bits per heavy atom. The molecule has 10 heteroatoms. The maximum atomic E-state index is 13.8. The Kier molecular flexibility index (Phi) is 11.7. The maximum absolute atomic E-state index is 13.8. The van der Waals surface area contributed by atoms with Crippen LogP contribution in [0.3, 0.4) is 0 Å². The Morgan fingerprint density at radius 3 is 2.27 bits per heavy atom. The lowest BCUT2D eigenvalue weighted by Gasteiger charge is -2.32. The number of hydrogen-bond acceptors (Lipinski definition) is 4.